The van der Waals surface area contributed by atoms with Gasteiger partial charge in [0.15, 0.2) is 5.82 Å². The number of para-hydroxylation sites is 2. The molecule has 0 N–H and O–H groups in total. The minimum atomic E-state index is 0.421. The standard InChI is InChI=1S/C20H19N7O/c1-3-27-16-7-5-4-6-15(16)22-18(27)19-23-24-20(28-19)25(2)12-14-8-9-17-21-10-11-26(17)13-14/h4-11,13H,3,12H2,1-2H3. The van der Waals surface area contributed by atoms with Crippen LogP contribution in [-0.2, 0) is 13.1 Å². The molecule has 0 aliphatic heterocycles. The van der Waals surface area contributed by atoms with Gasteiger partial charge in [-0.1, -0.05) is 23.3 Å². The maximum Gasteiger partial charge on any atom is 0.318 e. The van der Waals surface area contributed by atoms with E-state index in [1.807, 2.05) is 65.1 Å². The van der Waals surface area contributed by atoms with Crippen molar-refractivity contribution >= 4 is 22.7 Å². The number of imidazole rings is 2. The smallest absolute Gasteiger partial charge is 0.318 e. The van der Waals surface area contributed by atoms with E-state index in [2.05, 4.69) is 31.7 Å². The molecule has 8 heteroatoms. The summed E-state index contributed by atoms with van der Waals surface area (Å²) in [6.07, 6.45) is 5.76. The van der Waals surface area contributed by atoms with Crippen LogP contribution in [0.3, 0.4) is 0 Å². The summed E-state index contributed by atoms with van der Waals surface area (Å²) >= 11 is 0. The first-order valence-electron chi connectivity index (χ1n) is 9.15. The van der Waals surface area contributed by atoms with Crippen LogP contribution in [0, 0.1) is 0 Å². The van der Waals surface area contributed by atoms with Crippen LogP contribution in [0.1, 0.15) is 12.5 Å². The fourth-order valence-electron chi connectivity index (χ4n) is 3.42. The SMILES string of the molecule is CCn1c(-c2nnc(N(C)Cc3ccc4nccn4c3)o2)nc2ccccc21. The van der Waals surface area contributed by atoms with E-state index in [9.17, 15) is 0 Å². The highest BCUT2D eigenvalue weighted by molar-refractivity contribution is 5.79. The van der Waals surface area contributed by atoms with Crippen molar-refractivity contribution in [3.8, 4) is 11.7 Å². The molecule has 28 heavy (non-hydrogen) atoms. The zero-order chi connectivity index (χ0) is 19.1. The number of hydrogen-bond donors (Lipinski definition) is 0. The third-order valence-corrected chi connectivity index (χ3v) is 4.77. The summed E-state index contributed by atoms with van der Waals surface area (Å²) in [6.45, 7) is 3.49. The second-order valence-corrected chi connectivity index (χ2v) is 6.64. The first kappa shape index (κ1) is 16.5. The van der Waals surface area contributed by atoms with Crippen LogP contribution in [-0.4, -0.2) is 36.2 Å². The second kappa shape index (κ2) is 6.49. The van der Waals surface area contributed by atoms with E-state index < -0.39 is 0 Å². The van der Waals surface area contributed by atoms with E-state index in [-0.39, 0.29) is 0 Å². The van der Waals surface area contributed by atoms with Crippen molar-refractivity contribution in [2.45, 2.75) is 20.0 Å². The van der Waals surface area contributed by atoms with Crippen molar-refractivity contribution in [3.63, 3.8) is 0 Å². The zero-order valence-corrected chi connectivity index (χ0v) is 15.6. The Hall–Kier alpha value is -3.68. The Bertz CT molecular complexity index is 1270. The molecule has 4 aromatic heterocycles. The lowest BCUT2D eigenvalue weighted by atomic mass is 10.2. The highest BCUT2D eigenvalue weighted by Gasteiger charge is 2.19. The molecule has 0 spiro atoms. The highest BCUT2D eigenvalue weighted by atomic mass is 16.4. The molecular formula is C20H19N7O. The van der Waals surface area contributed by atoms with Crippen molar-refractivity contribution < 1.29 is 4.42 Å². The zero-order valence-electron chi connectivity index (χ0n) is 15.6. The Morgan fingerprint density at radius 2 is 2.00 bits per heavy atom. The summed E-state index contributed by atoms with van der Waals surface area (Å²) in [5.74, 6) is 1.11. The van der Waals surface area contributed by atoms with Gasteiger partial charge in [-0.05, 0) is 30.7 Å². The van der Waals surface area contributed by atoms with Gasteiger partial charge in [0.1, 0.15) is 5.65 Å². The number of anilines is 1. The van der Waals surface area contributed by atoms with E-state index in [1.165, 1.54) is 0 Å². The van der Waals surface area contributed by atoms with Gasteiger partial charge >= 0.3 is 6.01 Å². The molecule has 5 rings (SSSR count). The van der Waals surface area contributed by atoms with Crippen LogP contribution in [0.2, 0.25) is 0 Å². The van der Waals surface area contributed by atoms with Gasteiger partial charge in [0.2, 0.25) is 0 Å². The normalized spacial score (nSPS) is 11.5. The topological polar surface area (TPSA) is 77.3 Å². The molecule has 0 radical (unpaired) electrons. The Balaban J connectivity index is 1.44. The van der Waals surface area contributed by atoms with E-state index in [0.29, 0.717) is 24.3 Å². The fraction of sp³-hybridized carbons (Fsp3) is 0.200. The molecule has 0 aliphatic rings. The highest BCUT2D eigenvalue weighted by Crippen LogP contribution is 2.26. The molecule has 0 atom stereocenters. The largest absolute Gasteiger partial charge is 0.400 e. The van der Waals surface area contributed by atoms with Gasteiger partial charge in [-0.15, -0.1) is 5.10 Å². The number of aryl methyl sites for hydroxylation is 1. The summed E-state index contributed by atoms with van der Waals surface area (Å²) < 4.78 is 10.0. The third-order valence-electron chi connectivity index (χ3n) is 4.77. The van der Waals surface area contributed by atoms with Crippen LogP contribution in [0.4, 0.5) is 6.01 Å². The van der Waals surface area contributed by atoms with Crippen LogP contribution in [0.15, 0.2) is 59.4 Å². The van der Waals surface area contributed by atoms with Crippen molar-refractivity contribution in [3.05, 3.63) is 60.6 Å². The lowest BCUT2D eigenvalue weighted by molar-refractivity contribution is 0.546. The fourth-order valence-corrected chi connectivity index (χ4v) is 3.42. The van der Waals surface area contributed by atoms with E-state index >= 15 is 0 Å². The lowest BCUT2D eigenvalue weighted by Gasteiger charge is -2.13. The quantitative estimate of drug-likeness (QED) is 0.470. The van der Waals surface area contributed by atoms with Gasteiger partial charge in [-0.3, -0.25) is 0 Å². The average molecular weight is 373 g/mol. The summed E-state index contributed by atoms with van der Waals surface area (Å²) in [5, 5.41) is 8.46. The van der Waals surface area contributed by atoms with Crippen molar-refractivity contribution in [2.24, 2.45) is 0 Å². The molecule has 0 aliphatic carbocycles. The summed E-state index contributed by atoms with van der Waals surface area (Å²) in [4.78, 5) is 10.9. The van der Waals surface area contributed by atoms with Gasteiger partial charge in [0, 0.05) is 38.7 Å². The molecule has 4 heterocycles. The molecule has 8 nitrogen and oxygen atoms in total. The Kier molecular flexibility index (Phi) is 3.82. The van der Waals surface area contributed by atoms with Gasteiger partial charge in [-0.25, -0.2) is 9.97 Å². The summed E-state index contributed by atoms with van der Waals surface area (Å²) in [6, 6.07) is 12.5. The molecule has 140 valence electrons. The van der Waals surface area contributed by atoms with E-state index in [4.69, 9.17) is 4.42 Å². The number of rotatable bonds is 5. The molecule has 0 saturated heterocycles. The minimum Gasteiger partial charge on any atom is -0.400 e. The lowest BCUT2D eigenvalue weighted by Crippen LogP contribution is -2.17. The average Bonchev–Trinajstić information content (AvgIpc) is 3.44. The van der Waals surface area contributed by atoms with Gasteiger partial charge in [0.25, 0.3) is 5.89 Å². The van der Waals surface area contributed by atoms with E-state index in [1.54, 1.807) is 6.20 Å². The third kappa shape index (κ3) is 2.70. The minimum absolute atomic E-state index is 0.421. The number of fused-ring (bicyclic) bond motifs is 2. The molecule has 1 aromatic carbocycles. The Morgan fingerprint density at radius 3 is 2.89 bits per heavy atom. The number of pyridine rings is 1. The first-order valence-corrected chi connectivity index (χ1v) is 9.15. The van der Waals surface area contributed by atoms with Gasteiger partial charge in [0.05, 0.1) is 11.0 Å². The monoisotopic (exact) mass is 373 g/mol. The molecular weight excluding hydrogens is 354 g/mol. The van der Waals surface area contributed by atoms with Crippen LogP contribution >= 0.6 is 0 Å². The van der Waals surface area contributed by atoms with Crippen LogP contribution < -0.4 is 4.90 Å². The predicted molar refractivity (Wildman–Crippen MR) is 106 cm³/mol. The molecule has 5 aromatic rings. The van der Waals surface area contributed by atoms with Crippen LogP contribution in [0.25, 0.3) is 28.4 Å². The van der Waals surface area contributed by atoms with Crippen molar-refractivity contribution in [1.82, 2.24) is 29.1 Å². The first-order chi connectivity index (χ1) is 13.7. The van der Waals surface area contributed by atoms with Crippen molar-refractivity contribution in [2.75, 3.05) is 11.9 Å². The van der Waals surface area contributed by atoms with E-state index in [0.717, 1.165) is 28.8 Å². The Labute approximate surface area is 161 Å². The molecule has 0 saturated carbocycles. The van der Waals surface area contributed by atoms with Crippen LogP contribution in [0.5, 0.6) is 0 Å². The summed E-state index contributed by atoms with van der Waals surface area (Å²) in [7, 11) is 1.93. The number of nitrogens with zero attached hydrogens (tertiary/aromatic N) is 7. The van der Waals surface area contributed by atoms with Gasteiger partial charge in [-0.2, -0.15) is 0 Å². The molecule has 0 fully saturated rings. The number of benzene rings is 1. The number of aromatic nitrogens is 6. The summed E-state index contributed by atoms with van der Waals surface area (Å²) in [5.41, 5.74) is 4.02. The maximum atomic E-state index is 5.95. The Morgan fingerprint density at radius 1 is 1.11 bits per heavy atom. The molecule has 0 bridgehead atoms. The molecule has 0 unspecified atom stereocenters. The number of hydrogen-bond acceptors (Lipinski definition) is 6. The van der Waals surface area contributed by atoms with Gasteiger partial charge < -0.3 is 18.3 Å². The van der Waals surface area contributed by atoms with Crippen molar-refractivity contribution in [1.29, 1.82) is 0 Å². The second-order valence-electron chi connectivity index (χ2n) is 6.64. The maximum absolute atomic E-state index is 5.95. The predicted octanol–water partition coefficient (Wildman–Crippen LogP) is 3.39. The molecule has 0 amide bonds.